The van der Waals surface area contributed by atoms with Crippen molar-refractivity contribution >= 4 is 9.84 Å². The van der Waals surface area contributed by atoms with E-state index in [4.69, 9.17) is 0 Å². The van der Waals surface area contributed by atoms with Crippen molar-refractivity contribution in [2.75, 3.05) is 16.9 Å². The summed E-state index contributed by atoms with van der Waals surface area (Å²) in [6.45, 7) is 4.08. The fourth-order valence-corrected chi connectivity index (χ4v) is 3.57. The summed E-state index contributed by atoms with van der Waals surface area (Å²) in [6, 6.07) is 4.39. The molecular formula is C11H18N2O2S. The molecular weight excluding hydrogens is 224 g/mol. The number of sulfone groups is 1. The van der Waals surface area contributed by atoms with Gasteiger partial charge in [-0.2, -0.15) is 0 Å². The van der Waals surface area contributed by atoms with Crippen LogP contribution in [0.1, 0.15) is 24.2 Å². The van der Waals surface area contributed by atoms with E-state index in [0.717, 1.165) is 11.4 Å². The van der Waals surface area contributed by atoms with Crippen molar-refractivity contribution in [2.24, 2.45) is 0 Å². The van der Waals surface area contributed by atoms with Crippen LogP contribution in [0.4, 0.5) is 0 Å². The molecule has 0 saturated carbocycles. The quantitative estimate of drug-likeness (QED) is 0.848. The molecule has 1 saturated heterocycles. The third kappa shape index (κ3) is 2.40. The zero-order chi connectivity index (χ0) is 11.8. The lowest BCUT2D eigenvalue weighted by molar-refractivity contribution is 0.536. The molecule has 0 unspecified atom stereocenters. The molecule has 0 radical (unpaired) electrons. The van der Waals surface area contributed by atoms with E-state index in [1.54, 1.807) is 0 Å². The highest BCUT2D eigenvalue weighted by Crippen LogP contribution is 2.14. The van der Waals surface area contributed by atoms with Gasteiger partial charge >= 0.3 is 0 Å². The number of rotatable bonds is 2. The topological polar surface area (TPSA) is 51.1 Å². The first-order valence-corrected chi connectivity index (χ1v) is 7.42. The van der Waals surface area contributed by atoms with Gasteiger partial charge in [0, 0.05) is 17.4 Å². The number of hydrogen-bond acceptors (Lipinski definition) is 3. The van der Waals surface area contributed by atoms with Crippen molar-refractivity contribution in [3.8, 4) is 0 Å². The lowest BCUT2D eigenvalue weighted by Crippen LogP contribution is -2.37. The van der Waals surface area contributed by atoms with Gasteiger partial charge < -0.3 is 5.43 Å². The Hall–Kier alpha value is -0.970. The van der Waals surface area contributed by atoms with Crippen LogP contribution in [0, 0.1) is 13.8 Å². The van der Waals surface area contributed by atoms with Crippen LogP contribution < -0.4 is 5.43 Å². The summed E-state index contributed by atoms with van der Waals surface area (Å²) >= 11 is 0. The van der Waals surface area contributed by atoms with Crippen LogP contribution in [-0.2, 0) is 9.84 Å². The Bertz CT molecular complexity index is 443. The van der Waals surface area contributed by atoms with Crippen molar-refractivity contribution in [3.63, 3.8) is 0 Å². The Balaban J connectivity index is 2.02. The van der Waals surface area contributed by atoms with Gasteiger partial charge in [-0.05, 0) is 38.8 Å². The number of aromatic nitrogens is 1. The molecule has 0 aliphatic carbocycles. The second-order valence-corrected chi connectivity index (χ2v) is 6.81. The monoisotopic (exact) mass is 242 g/mol. The molecule has 0 aromatic carbocycles. The molecule has 1 aromatic rings. The molecule has 1 aromatic heterocycles. The fourth-order valence-electron chi connectivity index (χ4n) is 2.07. The van der Waals surface area contributed by atoms with Crippen LogP contribution in [0.15, 0.2) is 12.1 Å². The highest BCUT2D eigenvalue weighted by atomic mass is 32.2. The zero-order valence-electron chi connectivity index (χ0n) is 9.73. The Morgan fingerprint density at radius 3 is 2.19 bits per heavy atom. The Labute approximate surface area is 96.5 Å². The van der Waals surface area contributed by atoms with Gasteiger partial charge in [0.25, 0.3) is 0 Å². The van der Waals surface area contributed by atoms with Crippen molar-refractivity contribution in [1.29, 1.82) is 0 Å². The normalized spacial score (nSPS) is 20.9. The number of nitrogens with zero attached hydrogens (tertiary/aromatic N) is 1. The minimum atomic E-state index is -2.76. The van der Waals surface area contributed by atoms with Gasteiger partial charge in [-0.15, -0.1) is 0 Å². The Morgan fingerprint density at radius 2 is 1.69 bits per heavy atom. The first-order chi connectivity index (χ1) is 7.48. The van der Waals surface area contributed by atoms with Gasteiger partial charge in [0.05, 0.1) is 11.5 Å². The van der Waals surface area contributed by atoms with E-state index < -0.39 is 9.84 Å². The van der Waals surface area contributed by atoms with E-state index in [2.05, 4.69) is 17.6 Å². The van der Waals surface area contributed by atoms with E-state index in [1.807, 2.05) is 18.5 Å². The lowest BCUT2D eigenvalue weighted by Gasteiger charge is -2.26. The summed E-state index contributed by atoms with van der Waals surface area (Å²) in [5.74, 6) is 0.619. The summed E-state index contributed by atoms with van der Waals surface area (Å²) in [7, 11) is -2.76. The molecule has 0 atom stereocenters. The molecule has 1 fully saturated rings. The molecule has 5 heteroatoms. The van der Waals surface area contributed by atoms with Crippen LogP contribution in [0.5, 0.6) is 0 Å². The zero-order valence-corrected chi connectivity index (χ0v) is 10.5. The third-order valence-electron chi connectivity index (χ3n) is 3.14. The molecule has 0 spiro atoms. The fraction of sp³-hybridized carbons (Fsp3) is 0.636. The highest BCUT2D eigenvalue weighted by Gasteiger charge is 2.23. The highest BCUT2D eigenvalue weighted by molar-refractivity contribution is 7.91. The van der Waals surface area contributed by atoms with E-state index in [9.17, 15) is 8.42 Å². The van der Waals surface area contributed by atoms with Crippen molar-refractivity contribution in [3.05, 3.63) is 23.5 Å². The van der Waals surface area contributed by atoms with Crippen LogP contribution in [-0.4, -0.2) is 30.6 Å². The Morgan fingerprint density at radius 1 is 1.19 bits per heavy atom. The van der Waals surface area contributed by atoms with Gasteiger partial charge in [-0.1, -0.05) is 0 Å². The SMILES string of the molecule is Cc1ccc(C)n1NC1CCS(=O)(=O)CC1. The van der Waals surface area contributed by atoms with E-state index in [0.29, 0.717) is 24.3 Å². The average Bonchev–Trinajstić information content (AvgIpc) is 2.52. The third-order valence-corrected chi connectivity index (χ3v) is 4.85. The summed E-state index contributed by atoms with van der Waals surface area (Å²) in [6.07, 6.45) is 1.42. The Kier molecular flexibility index (Phi) is 2.97. The van der Waals surface area contributed by atoms with Crippen molar-refractivity contribution < 1.29 is 8.42 Å². The number of nitrogens with one attached hydrogen (secondary N) is 1. The van der Waals surface area contributed by atoms with Gasteiger partial charge in [0.15, 0.2) is 0 Å². The molecule has 4 nitrogen and oxygen atoms in total. The van der Waals surface area contributed by atoms with Gasteiger partial charge in [-0.3, -0.25) is 4.68 Å². The minimum absolute atomic E-state index is 0.272. The first kappa shape index (κ1) is 11.5. The smallest absolute Gasteiger partial charge is 0.150 e. The predicted octanol–water partition coefficient (Wildman–Crippen LogP) is 1.23. The van der Waals surface area contributed by atoms with Gasteiger partial charge in [-0.25, -0.2) is 8.42 Å². The molecule has 16 heavy (non-hydrogen) atoms. The summed E-state index contributed by atoms with van der Waals surface area (Å²) in [5, 5.41) is 0. The van der Waals surface area contributed by atoms with Crippen LogP contribution in [0.2, 0.25) is 0 Å². The van der Waals surface area contributed by atoms with E-state index in [1.165, 1.54) is 0 Å². The van der Waals surface area contributed by atoms with Gasteiger partial charge in [0.2, 0.25) is 0 Å². The largest absolute Gasteiger partial charge is 0.323 e. The second-order valence-electron chi connectivity index (χ2n) is 4.51. The molecule has 90 valence electrons. The summed E-state index contributed by atoms with van der Waals surface area (Å²) < 4.78 is 24.6. The molecule has 1 aliphatic heterocycles. The number of aryl methyl sites for hydroxylation is 2. The summed E-state index contributed by atoms with van der Waals surface area (Å²) in [5.41, 5.74) is 5.70. The molecule has 2 rings (SSSR count). The standard InChI is InChI=1S/C11H18N2O2S/c1-9-3-4-10(2)13(9)12-11-5-7-16(14,15)8-6-11/h3-4,11-12H,5-8H2,1-2H3. The second kappa shape index (κ2) is 4.13. The van der Waals surface area contributed by atoms with E-state index >= 15 is 0 Å². The lowest BCUT2D eigenvalue weighted by atomic mass is 10.2. The molecule has 2 heterocycles. The maximum atomic E-state index is 11.3. The van der Waals surface area contributed by atoms with Crippen LogP contribution in [0.3, 0.4) is 0 Å². The maximum Gasteiger partial charge on any atom is 0.150 e. The molecule has 1 N–H and O–H groups in total. The predicted molar refractivity (Wildman–Crippen MR) is 64.9 cm³/mol. The molecule has 0 bridgehead atoms. The summed E-state index contributed by atoms with van der Waals surface area (Å²) in [4.78, 5) is 0. The van der Waals surface area contributed by atoms with E-state index in [-0.39, 0.29) is 6.04 Å². The number of hydrogen-bond donors (Lipinski definition) is 1. The van der Waals surface area contributed by atoms with Crippen molar-refractivity contribution in [1.82, 2.24) is 4.68 Å². The maximum absolute atomic E-state index is 11.3. The first-order valence-electron chi connectivity index (χ1n) is 5.60. The minimum Gasteiger partial charge on any atom is -0.323 e. The van der Waals surface area contributed by atoms with Crippen molar-refractivity contribution in [2.45, 2.75) is 32.7 Å². The molecule has 0 amide bonds. The average molecular weight is 242 g/mol. The van der Waals surface area contributed by atoms with Crippen LogP contribution >= 0.6 is 0 Å². The molecule has 1 aliphatic rings. The van der Waals surface area contributed by atoms with Gasteiger partial charge in [0.1, 0.15) is 9.84 Å². The van der Waals surface area contributed by atoms with Crippen LogP contribution in [0.25, 0.3) is 0 Å².